The molecule has 0 unspecified atom stereocenters. The van der Waals surface area contributed by atoms with Crippen LogP contribution in [0.25, 0.3) is 0 Å². The molecule has 1 aromatic carbocycles. The Hall–Kier alpha value is -1.13. The number of nitrogens with two attached hydrogens (primary N) is 1. The zero-order valence-electron chi connectivity index (χ0n) is 10.8. The monoisotopic (exact) mass is 272 g/mol. The van der Waals surface area contributed by atoms with Crippen LogP contribution in [0, 0.1) is 5.82 Å². The van der Waals surface area contributed by atoms with Crippen molar-refractivity contribution in [2.45, 2.75) is 32.2 Å². The third-order valence-electron chi connectivity index (χ3n) is 2.76. The van der Waals surface area contributed by atoms with E-state index >= 15 is 0 Å². The average Bonchev–Trinajstić information content (AvgIpc) is 2.25. The van der Waals surface area contributed by atoms with E-state index in [2.05, 4.69) is 5.32 Å². The second kappa shape index (κ2) is 5.67. The summed E-state index contributed by atoms with van der Waals surface area (Å²) in [5.74, 6) is -0.641. The first kappa shape index (κ1) is 14.9. The van der Waals surface area contributed by atoms with Gasteiger partial charge in [-0.05, 0) is 19.1 Å². The fourth-order valence-electron chi connectivity index (χ4n) is 1.70. The number of hydrogen-bond acceptors (Lipinski definition) is 2. The van der Waals surface area contributed by atoms with E-state index in [1.165, 1.54) is 6.07 Å². The van der Waals surface area contributed by atoms with Crippen molar-refractivity contribution in [3.8, 4) is 0 Å². The minimum absolute atomic E-state index is 0.268. The van der Waals surface area contributed by atoms with Crippen molar-refractivity contribution >= 4 is 17.5 Å². The lowest BCUT2D eigenvalue weighted by Gasteiger charge is -2.27. The van der Waals surface area contributed by atoms with Gasteiger partial charge >= 0.3 is 0 Å². The van der Waals surface area contributed by atoms with Gasteiger partial charge in [0.1, 0.15) is 5.82 Å². The molecule has 0 aliphatic rings. The Morgan fingerprint density at radius 3 is 2.67 bits per heavy atom. The zero-order chi connectivity index (χ0) is 13.9. The van der Waals surface area contributed by atoms with Crippen LogP contribution in [0.2, 0.25) is 5.02 Å². The highest BCUT2D eigenvalue weighted by Crippen LogP contribution is 2.31. The van der Waals surface area contributed by atoms with Gasteiger partial charge in [-0.2, -0.15) is 0 Å². The molecule has 0 aliphatic heterocycles. The Bertz CT molecular complexity index is 426. The Kier molecular flexibility index (Phi) is 4.71. The lowest BCUT2D eigenvalue weighted by atomic mass is 9.84. The fourth-order valence-corrected chi connectivity index (χ4v) is 2.12. The maximum atomic E-state index is 13.8. The van der Waals surface area contributed by atoms with Gasteiger partial charge in [-0.3, -0.25) is 4.79 Å². The Morgan fingerprint density at radius 1 is 1.56 bits per heavy atom. The van der Waals surface area contributed by atoms with Gasteiger partial charge in [0.25, 0.3) is 0 Å². The Balaban J connectivity index is 2.89. The first-order valence-electron chi connectivity index (χ1n) is 5.73. The molecular weight excluding hydrogens is 255 g/mol. The van der Waals surface area contributed by atoms with Crippen LogP contribution < -0.4 is 11.1 Å². The van der Waals surface area contributed by atoms with Crippen molar-refractivity contribution in [1.29, 1.82) is 0 Å². The number of nitrogens with one attached hydrogen (secondary N) is 1. The zero-order valence-corrected chi connectivity index (χ0v) is 11.5. The maximum absolute atomic E-state index is 13.8. The number of benzene rings is 1. The van der Waals surface area contributed by atoms with Crippen LogP contribution in [-0.2, 0) is 10.2 Å². The molecular formula is C13H18ClFN2O. The van der Waals surface area contributed by atoms with Crippen molar-refractivity contribution in [3.63, 3.8) is 0 Å². The molecule has 0 radical (unpaired) electrons. The maximum Gasteiger partial charge on any atom is 0.236 e. The molecule has 1 atom stereocenters. The van der Waals surface area contributed by atoms with Crippen molar-refractivity contribution in [3.05, 3.63) is 34.6 Å². The van der Waals surface area contributed by atoms with E-state index in [0.29, 0.717) is 10.6 Å². The van der Waals surface area contributed by atoms with E-state index in [9.17, 15) is 9.18 Å². The minimum atomic E-state index is -0.604. The van der Waals surface area contributed by atoms with Gasteiger partial charge in [-0.1, -0.05) is 31.5 Å². The van der Waals surface area contributed by atoms with Gasteiger partial charge in [0.2, 0.25) is 5.91 Å². The molecule has 3 N–H and O–H groups in total. The summed E-state index contributed by atoms with van der Waals surface area (Å²) in [6.45, 7) is 5.50. The molecule has 1 amide bonds. The summed E-state index contributed by atoms with van der Waals surface area (Å²) in [6, 6.07) is 3.96. The molecule has 0 saturated carbocycles. The van der Waals surface area contributed by atoms with Crippen molar-refractivity contribution in [1.82, 2.24) is 5.32 Å². The second-order valence-corrected chi connectivity index (χ2v) is 5.39. The predicted molar refractivity (Wildman–Crippen MR) is 71.1 cm³/mol. The van der Waals surface area contributed by atoms with E-state index in [-0.39, 0.29) is 18.3 Å². The van der Waals surface area contributed by atoms with Gasteiger partial charge in [-0.15, -0.1) is 0 Å². The van der Waals surface area contributed by atoms with E-state index < -0.39 is 11.5 Å². The number of hydrogen-bond donors (Lipinski definition) is 2. The average molecular weight is 273 g/mol. The molecule has 0 heterocycles. The smallest absolute Gasteiger partial charge is 0.236 e. The highest BCUT2D eigenvalue weighted by atomic mass is 35.5. The summed E-state index contributed by atoms with van der Waals surface area (Å²) in [5.41, 5.74) is 5.25. The number of rotatable bonds is 4. The van der Waals surface area contributed by atoms with Crippen LogP contribution in [0.1, 0.15) is 26.3 Å². The number of carbonyl (C=O) groups excluding carboxylic acids is 1. The van der Waals surface area contributed by atoms with Crippen LogP contribution >= 0.6 is 11.6 Å². The van der Waals surface area contributed by atoms with E-state index in [1.54, 1.807) is 19.1 Å². The van der Waals surface area contributed by atoms with E-state index in [4.69, 9.17) is 17.3 Å². The highest BCUT2D eigenvalue weighted by Gasteiger charge is 2.27. The molecule has 100 valence electrons. The number of carbonyl (C=O) groups is 1. The molecule has 0 fully saturated rings. The van der Waals surface area contributed by atoms with Gasteiger partial charge in [0, 0.05) is 22.5 Å². The van der Waals surface area contributed by atoms with E-state index in [1.807, 2.05) is 13.8 Å². The van der Waals surface area contributed by atoms with Crippen LogP contribution in [0.3, 0.4) is 0 Å². The van der Waals surface area contributed by atoms with Gasteiger partial charge < -0.3 is 11.1 Å². The largest absolute Gasteiger partial charge is 0.354 e. The third-order valence-corrected chi connectivity index (χ3v) is 3.07. The standard InChI is InChI=1S/C13H18ClFN2O/c1-8(16)12(18)17-7-13(2,3)11-9(14)5-4-6-10(11)15/h4-6,8H,7,16H2,1-3H3,(H,17,18)/t8-/m1/s1. The first-order chi connectivity index (χ1) is 8.25. The Labute approximate surface area is 112 Å². The summed E-state index contributed by atoms with van der Waals surface area (Å²) in [6.07, 6.45) is 0. The van der Waals surface area contributed by atoms with Crippen molar-refractivity contribution < 1.29 is 9.18 Å². The van der Waals surface area contributed by atoms with Gasteiger partial charge in [0.05, 0.1) is 6.04 Å². The summed E-state index contributed by atoms with van der Waals surface area (Å²) in [4.78, 5) is 11.4. The molecule has 5 heteroatoms. The molecule has 0 spiro atoms. The van der Waals surface area contributed by atoms with Crippen LogP contribution in [0.5, 0.6) is 0 Å². The highest BCUT2D eigenvalue weighted by molar-refractivity contribution is 6.31. The van der Waals surface area contributed by atoms with Gasteiger partial charge in [-0.25, -0.2) is 4.39 Å². The first-order valence-corrected chi connectivity index (χ1v) is 6.11. The third kappa shape index (κ3) is 3.43. The van der Waals surface area contributed by atoms with Crippen LogP contribution in [0.4, 0.5) is 4.39 Å². The quantitative estimate of drug-likeness (QED) is 0.883. The lowest BCUT2D eigenvalue weighted by molar-refractivity contribution is -0.122. The SMILES string of the molecule is C[C@@H](N)C(=O)NCC(C)(C)c1c(F)cccc1Cl. The van der Waals surface area contributed by atoms with Gasteiger partial charge in [0.15, 0.2) is 0 Å². The lowest BCUT2D eigenvalue weighted by Crippen LogP contribution is -2.44. The predicted octanol–water partition coefficient (Wildman–Crippen LogP) is 2.22. The number of halogens is 2. The molecule has 1 rings (SSSR count). The minimum Gasteiger partial charge on any atom is -0.354 e. The molecule has 0 saturated heterocycles. The normalized spacial score (nSPS) is 13.2. The molecule has 3 nitrogen and oxygen atoms in total. The molecule has 0 aromatic heterocycles. The van der Waals surface area contributed by atoms with E-state index in [0.717, 1.165) is 0 Å². The molecule has 0 aliphatic carbocycles. The summed E-state index contributed by atoms with van der Waals surface area (Å²) in [7, 11) is 0. The summed E-state index contributed by atoms with van der Waals surface area (Å²) >= 11 is 6.01. The summed E-state index contributed by atoms with van der Waals surface area (Å²) in [5, 5.41) is 3.04. The molecule has 0 bridgehead atoms. The van der Waals surface area contributed by atoms with Crippen LogP contribution in [0.15, 0.2) is 18.2 Å². The summed E-state index contributed by atoms with van der Waals surface area (Å²) < 4.78 is 13.8. The van der Waals surface area contributed by atoms with Crippen LogP contribution in [-0.4, -0.2) is 18.5 Å². The van der Waals surface area contributed by atoms with Crippen molar-refractivity contribution in [2.24, 2.45) is 5.73 Å². The Morgan fingerprint density at radius 2 is 2.17 bits per heavy atom. The fraction of sp³-hybridized carbons (Fsp3) is 0.462. The molecule has 18 heavy (non-hydrogen) atoms. The van der Waals surface area contributed by atoms with Crippen molar-refractivity contribution in [2.75, 3.05) is 6.54 Å². The topological polar surface area (TPSA) is 55.1 Å². The number of amides is 1. The second-order valence-electron chi connectivity index (χ2n) is 4.99. The molecule has 1 aromatic rings.